The molecule has 0 unspecified atom stereocenters. The van der Waals surface area contributed by atoms with Crippen LogP contribution in [0.15, 0.2) is 29.4 Å². The van der Waals surface area contributed by atoms with Crippen molar-refractivity contribution in [2.24, 2.45) is 16.6 Å². The van der Waals surface area contributed by atoms with E-state index in [2.05, 4.69) is 39.8 Å². The molecule has 0 radical (unpaired) electrons. The van der Waals surface area contributed by atoms with Crippen LogP contribution in [0.2, 0.25) is 0 Å². The molecule has 0 aliphatic carbocycles. The van der Waals surface area contributed by atoms with Gasteiger partial charge in [0.2, 0.25) is 0 Å². The van der Waals surface area contributed by atoms with Crippen molar-refractivity contribution in [2.45, 2.75) is 6.54 Å². The fraction of sp³-hybridized carbons (Fsp3) is 0.600. The Morgan fingerprint density at radius 1 is 0.875 bits per heavy atom. The van der Waals surface area contributed by atoms with Gasteiger partial charge in [-0.1, -0.05) is 12.1 Å². The van der Waals surface area contributed by atoms with Gasteiger partial charge in [-0.25, -0.2) is 0 Å². The molecule has 0 bridgehead atoms. The van der Waals surface area contributed by atoms with Crippen LogP contribution in [0.1, 0.15) is 5.56 Å². The Morgan fingerprint density at radius 3 is 1.83 bits per heavy atom. The molecule has 1 rings (SSSR count). The molecule has 0 amide bonds. The Bertz CT molecular complexity index is 382. The molecule has 9 heteroatoms. The van der Waals surface area contributed by atoms with Crippen LogP contribution in [0.5, 0.6) is 0 Å². The summed E-state index contributed by atoms with van der Waals surface area (Å²) in [5.74, 6) is 0. The summed E-state index contributed by atoms with van der Waals surface area (Å²) in [5, 5.41) is 3.41. The van der Waals surface area contributed by atoms with E-state index < -0.39 is 0 Å². The number of hydrogen-bond acceptors (Lipinski definition) is 6. The van der Waals surface area contributed by atoms with Crippen LogP contribution >= 0.6 is 22.6 Å². The van der Waals surface area contributed by atoms with Crippen LogP contribution in [-0.4, -0.2) is 52.7 Å². The predicted molar refractivity (Wildman–Crippen MR) is 103 cm³/mol. The van der Waals surface area contributed by atoms with E-state index in [1.54, 1.807) is 0 Å². The highest BCUT2D eigenvalue weighted by Gasteiger charge is 1.91. The van der Waals surface area contributed by atoms with E-state index in [0.29, 0.717) is 59.3 Å². The van der Waals surface area contributed by atoms with Crippen molar-refractivity contribution in [3.05, 3.63) is 39.5 Å². The fourth-order valence-corrected chi connectivity index (χ4v) is 1.72. The highest BCUT2D eigenvalue weighted by atomic mass is 127. The molecule has 0 atom stereocenters. The lowest BCUT2D eigenvalue weighted by atomic mass is 10.2. The summed E-state index contributed by atoms with van der Waals surface area (Å²) in [7, 11) is 0. The van der Waals surface area contributed by atoms with Crippen LogP contribution in [-0.2, 0) is 20.8 Å². The molecule has 0 aliphatic heterocycles. The van der Waals surface area contributed by atoms with Gasteiger partial charge in [-0.05, 0) is 45.4 Å². The van der Waals surface area contributed by atoms with Gasteiger partial charge in [-0.15, -0.1) is 0 Å². The van der Waals surface area contributed by atoms with Crippen LogP contribution in [0, 0.1) is 3.57 Å². The third kappa shape index (κ3) is 17.7. The zero-order valence-electron chi connectivity index (χ0n) is 14.0. The fourth-order valence-electron chi connectivity index (χ4n) is 1.36. The molecule has 1 aromatic carbocycles. The maximum absolute atomic E-state index is 5.40. The van der Waals surface area contributed by atoms with Gasteiger partial charge in [0, 0.05) is 16.7 Å². The Labute approximate surface area is 157 Å². The van der Waals surface area contributed by atoms with Crippen molar-refractivity contribution < 1.29 is 19.7 Å². The van der Waals surface area contributed by atoms with E-state index >= 15 is 0 Å². The Balaban J connectivity index is 0. The normalized spacial score (nSPS) is 9.62. The molecule has 0 aromatic heterocycles. The first-order valence-corrected chi connectivity index (χ1v) is 8.57. The zero-order chi connectivity index (χ0) is 17.2. The van der Waals surface area contributed by atoms with Gasteiger partial charge < -0.3 is 31.8 Å². The molecule has 0 saturated heterocycles. The van der Waals surface area contributed by atoms with Gasteiger partial charge in [0.1, 0.15) is 6.54 Å². The second-order valence-corrected chi connectivity index (χ2v) is 5.61. The SMILES string of the molecule is NCCOCCOCCOCCN=[NH2+].NCc1ccc(I)cc1.[NH2-]. The molecule has 8 nitrogen and oxygen atoms in total. The minimum atomic E-state index is 0. The largest absolute Gasteiger partial charge is 0.693 e. The maximum atomic E-state index is 5.40. The summed E-state index contributed by atoms with van der Waals surface area (Å²) in [6.45, 7) is 5.12. The molecular formula is C15H30IN5O3. The minimum absolute atomic E-state index is 0. The van der Waals surface area contributed by atoms with E-state index in [1.165, 1.54) is 9.13 Å². The molecule has 8 N–H and O–H groups in total. The predicted octanol–water partition coefficient (Wildman–Crippen LogP) is 0.673. The number of hydrogen-bond donors (Lipinski definition) is 3. The Morgan fingerprint density at radius 2 is 1.38 bits per heavy atom. The summed E-state index contributed by atoms with van der Waals surface area (Å²) >= 11 is 2.27. The van der Waals surface area contributed by atoms with E-state index in [1.807, 2.05) is 12.1 Å². The van der Waals surface area contributed by atoms with Crippen molar-refractivity contribution in [3.63, 3.8) is 0 Å². The topological polar surface area (TPSA) is 151 Å². The molecule has 0 saturated carbocycles. The van der Waals surface area contributed by atoms with E-state index in [9.17, 15) is 0 Å². The summed E-state index contributed by atoms with van der Waals surface area (Å²) in [5.41, 5.74) is 16.7. The average Bonchev–Trinajstić information content (AvgIpc) is 2.58. The van der Waals surface area contributed by atoms with Crippen LogP contribution < -0.4 is 17.0 Å². The molecular weight excluding hydrogens is 425 g/mol. The molecule has 0 aliphatic rings. The van der Waals surface area contributed by atoms with E-state index in [0.717, 1.165) is 0 Å². The number of benzene rings is 1. The quantitative estimate of drug-likeness (QED) is 0.240. The average molecular weight is 455 g/mol. The van der Waals surface area contributed by atoms with Crippen LogP contribution in [0.3, 0.4) is 0 Å². The highest BCUT2D eigenvalue weighted by molar-refractivity contribution is 14.1. The Hall–Kier alpha value is -0.690. The number of halogens is 1. The Kier molecular flexibility index (Phi) is 21.7. The van der Waals surface area contributed by atoms with Gasteiger partial charge in [0.15, 0.2) is 0 Å². The molecule has 140 valence electrons. The van der Waals surface area contributed by atoms with Gasteiger partial charge in [-0.2, -0.15) is 5.53 Å². The molecule has 0 spiro atoms. The van der Waals surface area contributed by atoms with Crippen LogP contribution in [0.25, 0.3) is 6.15 Å². The third-order valence-corrected chi connectivity index (χ3v) is 3.24. The molecule has 1 aromatic rings. The highest BCUT2D eigenvalue weighted by Crippen LogP contribution is 2.05. The lowest BCUT2D eigenvalue weighted by molar-refractivity contribution is -0.223. The summed E-state index contributed by atoms with van der Waals surface area (Å²) in [4.78, 5) is 0. The number of nitrogens with two attached hydrogens (primary N) is 4. The summed E-state index contributed by atoms with van der Waals surface area (Å²) < 4.78 is 16.7. The lowest BCUT2D eigenvalue weighted by Gasteiger charge is -2.04. The standard InChI is InChI=1S/C8H19N3O3.C7H8IN.H2N/c9-1-3-12-5-7-14-8-6-13-4-2-11-10;8-7-3-1-6(5-9)2-4-7;/h10H,1-9H2;1-4H,5,9H2;1H2/q;;-1/p+1. The number of rotatable bonds is 12. The lowest BCUT2D eigenvalue weighted by Crippen LogP contribution is -2.25. The number of nitrogens with zero attached hydrogens (tertiary/aromatic N) is 1. The molecule has 24 heavy (non-hydrogen) atoms. The number of ether oxygens (including phenoxy) is 3. The van der Waals surface area contributed by atoms with Gasteiger partial charge >= 0.3 is 0 Å². The van der Waals surface area contributed by atoms with Gasteiger partial charge in [-0.3, -0.25) is 0 Å². The van der Waals surface area contributed by atoms with E-state index in [4.69, 9.17) is 31.2 Å². The monoisotopic (exact) mass is 455 g/mol. The van der Waals surface area contributed by atoms with Crippen molar-refractivity contribution in [1.29, 1.82) is 0 Å². The zero-order valence-corrected chi connectivity index (χ0v) is 16.2. The maximum Gasteiger partial charge on any atom is 0.124 e. The van der Waals surface area contributed by atoms with Gasteiger partial charge in [0.25, 0.3) is 0 Å². The van der Waals surface area contributed by atoms with Crippen molar-refractivity contribution in [3.8, 4) is 0 Å². The molecule has 0 fully saturated rings. The second kappa shape index (κ2) is 20.4. The third-order valence-electron chi connectivity index (χ3n) is 2.52. The first kappa shape index (κ1) is 25.5. The summed E-state index contributed by atoms with van der Waals surface area (Å²) in [6.07, 6.45) is 0. The van der Waals surface area contributed by atoms with E-state index in [-0.39, 0.29) is 6.15 Å². The van der Waals surface area contributed by atoms with Crippen molar-refractivity contribution in [2.75, 3.05) is 52.7 Å². The second-order valence-electron chi connectivity index (χ2n) is 4.36. The minimum Gasteiger partial charge on any atom is -0.693 e. The first-order chi connectivity index (χ1) is 11.2. The molecule has 0 heterocycles. The van der Waals surface area contributed by atoms with Crippen molar-refractivity contribution in [1.82, 2.24) is 0 Å². The first-order valence-electron chi connectivity index (χ1n) is 7.49. The van der Waals surface area contributed by atoms with Crippen LogP contribution in [0.4, 0.5) is 0 Å². The van der Waals surface area contributed by atoms with Crippen molar-refractivity contribution >= 4 is 22.6 Å². The smallest absolute Gasteiger partial charge is 0.124 e. The van der Waals surface area contributed by atoms with Gasteiger partial charge in [0.05, 0.1) is 39.6 Å². The summed E-state index contributed by atoms with van der Waals surface area (Å²) in [6, 6.07) is 8.20.